The van der Waals surface area contributed by atoms with Gasteiger partial charge in [0.05, 0.1) is 0 Å². The molecule has 0 unspecified atom stereocenters. The summed E-state index contributed by atoms with van der Waals surface area (Å²) in [6.07, 6.45) is 2.07. The van der Waals surface area contributed by atoms with E-state index >= 15 is 0 Å². The Bertz CT molecular complexity index is 546. The first kappa shape index (κ1) is 17.5. The van der Waals surface area contributed by atoms with Crippen LogP contribution in [0.3, 0.4) is 0 Å². The number of rotatable bonds is 5. The fourth-order valence-corrected chi connectivity index (χ4v) is 3.04. The molecule has 2 rings (SSSR count). The van der Waals surface area contributed by atoms with E-state index in [4.69, 9.17) is 0 Å². The molecule has 2 amide bonds. The third-order valence-corrected chi connectivity index (χ3v) is 4.54. The van der Waals surface area contributed by atoms with Crippen molar-refractivity contribution in [1.82, 2.24) is 9.80 Å². The molecular formula is C19H28N2O2. The van der Waals surface area contributed by atoms with Crippen LogP contribution in [0, 0.1) is 5.41 Å². The van der Waals surface area contributed by atoms with E-state index < -0.39 is 5.41 Å². The van der Waals surface area contributed by atoms with Gasteiger partial charge >= 0.3 is 0 Å². The summed E-state index contributed by atoms with van der Waals surface area (Å²) in [5.74, 6) is -0.132. The molecule has 0 aliphatic carbocycles. The lowest BCUT2D eigenvalue weighted by Gasteiger charge is -2.36. The highest BCUT2D eigenvalue weighted by Crippen LogP contribution is 2.26. The number of hydrogen-bond donors (Lipinski definition) is 0. The van der Waals surface area contributed by atoms with E-state index in [2.05, 4.69) is 0 Å². The van der Waals surface area contributed by atoms with Gasteiger partial charge in [0.25, 0.3) is 0 Å². The Morgan fingerprint density at radius 3 is 2.22 bits per heavy atom. The lowest BCUT2D eigenvalue weighted by molar-refractivity contribution is -0.155. The Hall–Kier alpha value is -1.84. The zero-order valence-corrected chi connectivity index (χ0v) is 14.7. The summed E-state index contributed by atoms with van der Waals surface area (Å²) in [5, 5.41) is 0. The van der Waals surface area contributed by atoms with Crippen LogP contribution in [0.5, 0.6) is 0 Å². The molecule has 1 fully saturated rings. The first-order chi connectivity index (χ1) is 10.8. The molecule has 126 valence electrons. The molecule has 1 aromatic carbocycles. The van der Waals surface area contributed by atoms with Crippen LogP contribution in [0.2, 0.25) is 0 Å². The summed E-state index contributed by atoms with van der Waals surface area (Å²) in [6, 6.07) is 9.98. The lowest BCUT2D eigenvalue weighted by Crippen LogP contribution is -2.51. The van der Waals surface area contributed by atoms with Gasteiger partial charge in [0.1, 0.15) is 5.41 Å². The molecule has 23 heavy (non-hydrogen) atoms. The molecule has 1 aliphatic rings. The van der Waals surface area contributed by atoms with Crippen molar-refractivity contribution >= 4 is 11.8 Å². The quantitative estimate of drug-likeness (QED) is 0.783. The highest BCUT2D eigenvalue weighted by atomic mass is 16.2. The predicted molar refractivity (Wildman–Crippen MR) is 91.7 cm³/mol. The topological polar surface area (TPSA) is 40.6 Å². The molecule has 0 radical (unpaired) electrons. The number of benzene rings is 1. The van der Waals surface area contributed by atoms with Gasteiger partial charge in [-0.15, -0.1) is 0 Å². The Labute approximate surface area is 139 Å². The predicted octanol–water partition coefficient (Wildman–Crippen LogP) is 3.07. The highest BCUT2D eigenvalue weighted by Gasteiger charge is 2.42. The molecule has 0 aromatic heterocycles. The summed E-state index contributed by atoms with van der Waals surface area (Å²) in [7, 11) is 0. The third kappa shape index (κ3) is 3.92. The SMILES string of the molecule is CC(C)N(Cc1ccccc1)C(=O)C(C)(C)C(=O)N1CCCC1. The highest BCUT2D eigenvalue weighted by molar-refractivity contribution is 6.04. The van der Waals surface area contributed by atoms with E-state index in [9.17, 15) is 9.59 Å². The summed E-state index contributed by atoms with van der Waals surface area (Å²) in [4.78, 5) is 29.5. The number of likely N-dealkylation sites (tertiary alicyclic amines) is 1. The van der Waals surface area contributed by atoms with E-state index in [-0.39, 0.29) is 17.9 Å². The molecular weight excluding hydrogens is 288 g/mol. The van der Waals surface area contributed by atoms with Crippen molar-refractivity contribution in [3.05, 3.63) is 35.9 Å². The average molecular weight is 316 g/mol. The van der Waals surface area contributed by atoms with Gasteiger partial charge in [-0.2, -0.15) is 0 Å². The van der Waals surface area contributed by atoms with Gasteiger partial charge in [-0.05, 0) is 46.1 Å². The first-order valence-corrected chi connectivity index (χ1v) is 8.48. The van der Waals surface area contributed by atoms with Crippen molar-refractivity contribution in [3.8, 4) is 0 Å². The Morgan fingerprint density at radius 2 is 1.70 bits per heavy atom. The van der Waals surface area contributed by atoms with Crippen molar-refractivity contribution in [2.45, 2.75) is 53.1 Å². The van der Waals surface area contributed by atoms with E-state index in [0.29, 0.717) is 6.54 Å². The van der Waals surface area contributed by atoms with Gasteiger partial charge in [-0.1, -0.05) is 30.3 Å². The molecule has 0 bridgehead atoms. The number of carbonyl (C=O) groups excluding carboxylic acids is 2. The second kappa shape index (κ2) is 7.16. The summed E-state index contributed by atoms with van der Waals surface area (Å²) in [6.45, 7) is 9.60. The Morgan fingerprint density at radius 1 is 1.13 bits per heavy atom. The molecule has 0 N–H and O–H groups in total. The van der Waals surface area contributed by atoms with E-state index in [1.54, 1.807) is 13.8 Å². The molecule has 1 aromatic rings. The zero-order chi connectivity index (χ0) is 17.0. The van der Waals surface area contributed by atoms with Crippen molar-refractivity contribution in [2.75, 3.05) is 13.1 Å². The maximum absolute atomic E-state index is 13.1. The molecule has 4 heteroatoms. The van der Waals surface area contributed by atoms with Crippen LogP contribution >= 0.6 is 0 Å². The summed E-state index contributed by atoms with van der Waals surface area (Å²) < 4.78 is 0. The number of nitrogens with zero attached hydrogens (tertiary/aromatic N) is 2. The normalized spacial score (nSPS) is 15.1. The molecule has 0 saturated carbocycles. The van der Waals surface area contributed by atoms with Crippen LogP contribution in [-0.4, -0.2) is 40.7 Å². The minimum absolute atomic E-state index is 0.0429. The van der Waals surface area contributed by atoms with Crippen LogP contribution in [-0.2, 0) is 16.1 Å². The zero-order valence-electron chi connectivity index (χ0n) is 14.7. The second-order valence-electron chi connectivity index (χ2n) is 7.14. The van der Waals surface area contributed by atoms with Crippen LogP contribution in [0.15, 0.2) is 30.3 Å². The van der Waals surface area contributed by atoms with Crippen molar-refractivity contribution < 1.29 is 9.59 Å². The standard InChI is InChI=1S/C19H28N2O2/c1-15(2)21(14-16-10-6-5-7-11-16)18(23)19(3,4)17(22)20-12-8-9-13-20/h5-7,10-11,15H,8-9,12-14H2,1-4H3. The molecule has 1 aliphatic heterocycles. The van der Waals surface area contributed by atoms with Crippen LogP contribution in [0.25, 0.3) is 0 Å². The lowest BCUT2D eigenvalue weighted by atomic mass is 9.88. The van der Waals surface area contributed by atoms with Gasteiger partial charge in [0.2, 0.25) is 11.8 Å². The van der Waals surface area contributed by atoms with E-state index in [0.717, 1.165) is 31.5 Å². The van der Waals surface area contributed by atoms with Gasteiger partial charge < -0.3 is 9.80 Å². The maximum atomic E-state index is 13.1. The van der Waals surface area contributed by atoms with Gasteiger partial charge in [0.15, 0.2) is 0 Å². The van der Waals surface area contributed by atoms with Gasteiger partial charge in [-0.25, -0.2) is 0 Å². The first-order valence-electron chi connectivity index (χ1n) is 8.48. The molecule has 1 heterocycles. The number of carbonyl (C=O) groups is 2. The van der Waals surface area contributed by atoms with Crippen molar-refractivity contribution in [1.29, 1.82) is 0 Å². The van der Waals surface area contributed by atoms with E-state index in [1.807, 2.05) is 54.0 Å². The summed E-state index contributed by atoms with van der Waals surface area (Å²) in [5.41, 5.74) is 0.0719. The van der Waals surface area contributed by atoms with Gasteiger partial charge in [0, 0.05) is 25.7 Å². The average Bonchev–Trinajstić information content (AvgIpc) is 3.06. The number of hydrogen-bond acceptors (Lipinski definition) is 2. The largest absolute Gasteiger partial charge is 0.342 e. The van der Waals surface area contributed by atoms with Crippen LogP contribution in [0.4, 0.5) is 0 Å². The number of amides is 2. The van der Waals surface area contributed by atoms with Gasteiger partial charge in [-0.3, -0.25) is 9.59 Å². The van der Waals surface area contributed by atoms with Crippen molar-refractivity contribution in [3.63, 3.8) is 0 Å². The minimum atomic E-state index is -1.01. The van der Waals surface area contributed by atoms with Crippen LogP contribution in [0.1, 0.15) is 46.1 Å². The third-order valence-electron chi connectivity index (χ3n) is 4.54. The summed E-state index contributed by atoms with van der Waals surface area (Å²) >= 11 is 0. The van der Waals surface area contributed by atoms with E-state index in [1.165, 1.54) is 0 Å². The molecule has 1 saturated heterocycles. The Kier molecular flexibility index (Phi) is 5.45. The monoisotopic (exact) mass is 316 g/mol. The second-order valence-corrected chi connectivity index (χ2v) is 7.14. The fraction of sp³-hybridized carbons (Fsp3) is 0.579. The molecule has 0 atom stereocenters. The fourth-order valence-electron chi connectivity index (χ4n) is 3.04. The Balaban J connectivity index is 2.17. The van der Waals surface area contributed by atoms with Crippen LogP contribution < -0.4 is 0 Å². The smallest absolute Gasteiger partial charge is 0.238 e. The minimum Gasteiger partial charge on any atom is -0.342 e. The molecule has 4 nitrogen and oxygen atoms in total. The van der Waals surface area contributed by atoms with Crippen molar-refractivity contribution in [2.24, 2.45) is 5.41 Å². The molecule has 0 spiro atoms. The maximum Gasteiger partial charge on any atom is 0.238 e.